The number of pyridine rings is 1. The van der Waals surface area contributed by atoms with Gasteiger partial charge in [-0.05, 0) is 38.5 Å². The highest BCUT2D eigenvalue weighted by atomic mass is 32.1. The number of nitro benzene ring substituents is 1. The second kappa shape index (κ2) is 9.76. The number of Topliss-reactive ketones (excluding diaryl/α,β-unsaturated/α-hetero) is 1. The molecule has 1 unspecified atom stereocenters. The number of esters is 1. The maximum atomic E-state index is 13.5. The van der Waals surface area contributed by atoms with Crippen LogP contribution in [0.3, 0.4) is 0 Å². The van der Waals surface area contributed by atoms with E-state index in [1.165, 1.54) is 24.3 Å². The van der Waals surface area contributed by atoms with Gasteiger partial charge in [0.25, 0.3) is 11.5 Å². The number of thiazole rings is 1. The Morgan fingerprint density at radius 1 is 1.15 bits per heavy atom. The molecule has 4 aromatic rings. The van der Waals surface area contributed by atoms with Gasteiger partial charge < -0.3 is 9.84 Å². The van der Waals surface area contributed by atoms with Gasteiger partial charge in [0.1, 0.15) is 16.2 Å². The fourth-order valence-corrected chi connectivity index (χ4v) is 5.54. The highest BCUT2D eigenvalue weighted by Crippen LogP contribution is 2.44. The Morgan fingerprint density at radius 2 is 1.92 bits per heavy atom. The molecule has 12 nitrogen and oxygen atoms in total. The van der Waals surface area contributed by atoms with Gasteiger partial charge in [0.05, 0.1) is 34.5 Å². The monoisotopic (exact) mass is 547 g/mol. The maximum absolute atomic E-state index is 13.5. The van der Waals surface area contributed by atoms with Crippen molar-refractivity contribution < 1.29 is 29.2 Å². The lowest BCUT2D eigenvalue weighted by atomic mass is 9.96. The maximum Gasteiger partial charge on any atom is 0.350 e. The molecule has 0 saturated carbocycles. The third kappa shape index (κ3) is 4.22. The lowest BCUT2D eigenvalue weighted by molar-refractivity contribution is -0.384. The Labute approximate surface area is 225 Å². The average Bonchev–Trinajstić information content (AvgIpc) is 3.54. The molecular weight excluding hydrogens is 526 g/mol. The Hall–Kier alpha value is -4.91. The molecule has 1 saturated heterocycles. The lowest BCUT2D eigenvalue weighted by Gasteiger charge is -2.22. The van der Waals surface area contributed by atoms with Crippen LogP contribution in [0.5, 0.6) is 0 Å². The fraction of sp³-hybridized carbons (Fsp3) is 0.192. The highest BCUT2D eigenvalue weighted by Gasteiger charge is 2.49. The van der Waals surface area contributed by atoms with Gasteiger partial charge in [0, 0.05) is 18.3 Å². The van der Waals surface area contributed by atoms with E-state index in [2.05, 4.69) is 9.97 Å². The first kappa shape index (κ1) is 25.7. The minimum Gasteiger partial charge on any atom is -0.505 e. The molecule has 0 bridgehead atoms. The molecule has 1 aliphatic heterocycles. The number of ether oxygens (including phenoxy) is 1. The summed E-state index contributed by atoms with van der Waals surface area (Å²) in [5.74, 6) is -3.16. The van der Waals surface area contributed by atoms with Crippen LogP contribution in [0.15, 0.2) is 54.2 Å². The van der Waals surface area contributed by atoms with Crippen LogP contribution < -0.4 is 4.90 Å². The number of imidazole rings is 1. The number of nitro groups is 1. The van der Waals surface area contributed by atoms with Gasteiger partial charge in [0.15, 0.2) is 10.9 Å². The zero-order valence-corrected chi connectivity index (χ0v) is 21.8. The first-order valence-electron chi connectivity index (χ1n) is 11.8. The lowest BCUT2D eigenvalue weighted by Crippen LogP contribution is -2.29. The summed E-state index contributed by atoms with van der Waals surface area (Å²) in [5.41, 5.74) is 1.02. The number of aliphatic hydroxyl groups is 1. The van der Waals surface area contributed by atoms with Crippen molar-refractivity contribution in [1.82, 2.24) is 14.4 Å². The van der Waals surface area contributed by atoms with Crippen LogP contribution in [0.25, 0.3) is 11.4 Å². The minimum absolute atomic E-state index is 0.00285. The van der Waals surface area contributed by atoms with Gasteiger partial charge in [0.2, 0.25) is 0 Å². The summed E-state index contributed by atoms with van der Waals surface area (Å²) in [6.07, 6.45) is 1.65. The number of carbonyl (C=O) groups excluding carboxylic acids is 3. The third-order valence-corrected chi connectivity index (χ3v) is 7.36. The van der Waals surface area contributed by atoms with Gasteiger partial charge in [-0.1, -0.05) is 29.5 Å². The van der Waals surface area contributed by atoms with Gasteiger partial charge in [-0.3, -0.25) is 29.0 Å². The second-order valence-electron chi connectivity index (χ2n) is 8.63. The molecule has 198 valence electrons. The molecule has 0 spiro atoms. The predicted octanol–water partition coefficient (Wildman–Crippen LogP) is 4.12. The number of non-ortho nitro benzene ring substituents is 1. The molecule has 1 aliphatic rings. The second-order valence-corrected chi connectivity index (χ2v) is 9.60. The Kier molecular flexibility index (Phi) is 6.44. The molecule has 3 aromatic heterocycles. The minimum atomic E-state index is -1.28. The molecule has 1 atom stereocenters. The molecule has 1 fully saturated rings. The molecule has 13 heteroatoms. The highest BCUT2D eigenvalue weighted by molar-refractivity contribution is 7.17. The third-order valence-electron chi connectivity index (χ3n) is 6.22. The summed E-state index contributed by atoms with van der Waals surface area (Å²) >= 11 is 0.848. The molecule has 0 radical (unpaired) electrons. The normalized spacial score (nSPS) is 16.7. The number of aromatic nitrogens is 3. The summed E-state index contributed by atoms with van der Waals surface area (Å²) in [7, 11) is 0. The van der Waals surface area contributed by atoms with Crippen molar-refractivity contribution >= 4 is 51.2 Å². The number of ketones is 1. The van der Waals surface area contributed by atoms with Gasteiger partial charge >= 0.3 is 11.9 Å². The van der Waals surface area contributed by atoms with Crippen molar-refractivity contribution in [3.8, 4) is 0 Å². The van der Waals surface area contributed by atoms with E-state index in [0.29, 0.717) is 11.3 Å². The molecule has 1 aromatic carbocycles. The summed E-state index contributed by atoms with van der Waals surface area (Å²) < 4.78 is 6.65. The number of nitrogens with zero attached hydrogens (tertiary/aromatic N) is 5. The van der Waals surface area contributed by atoms with Crippen LogP contribution in [0.2, 0.25) is 0 Å². The van der Waals surface area contributed by atoms with Crippen LogP contribution in [-0.4, -0.2) is 48.7 Å². The number of amides is 1. The molecule has 1 N–H and O–H groups in total. The standard InChI is InChI=1S/C26H21N5O7S/c1-4-38-25(35)23-14(3)28-26(39-23)30-20(15-8-7-9-16(12-15)31(36)37)18(22(33)24(30)34)21(32)19-13(2)27-17-10-5-6-11-29(17)19/h5-12,20,32H,4H2,1-3H3/b21-18+. The van der Waals surface area contributed by atoms with Crippen molar-refractivity contribution in [1.29, 1.82) is 0 Å². The van der Waals surface area contributed by atoms with E-state index in [4.69, 9.17) is 4.74 Å². The van der Waals surface area contributed by atoms with Crippen molar-refractivity contribution in [2.75, 3.05) is 11.5 Å². The molecule has 0 aliphatic carbocycles. The van der Waals surface area contributed by atoms with E-state index in [1.54, 1.807) is 49.6 Å². The Bertz CT molecular complexity index is 1720. The van der Waals surface area contributed by atoms with Crippen molar-refractivity contribution in [2.24, 2.45) is 0 Å². The Morgan fingerprint density at radius 3 is 2.64 bits per heavy atom. The van der Waals surface area contributed by atoms with Gasteiger partial charge in [-0.15, -0.1) is 0 Å². The summed E-state index contributed by atoms with van der Waals surface area (Å²) in [6.45, 7) is 4.99. The Balaban J connectivity index is 1.77. The molecule has 4 heterocycles. The van der Waals surface area contributed by atoms with Crippen LogP contribution in [0, 0.1) is 24.0 Å². The zero-order valence-electron chi connectivity index (χ0n) is 20.9. The van der Waals surface area contributed by atoms with Gasteiger partial charge in [-0.2, -0.15) is 0 Å². The van der Waals surface area contributed by atoms with E-state index in [1.807, 2.05) is 0 Å². The molecular formula is C26H21N5O7S. The van der Waals surface area contributed by atoms with Crippen molar-refractivity contribution in [3.05, 3.63) is 91.9 Å². The largest absolute Gasteiger partial charge is 0.505 e. The molecule has 1 amide bonds. The number of aliphatic hydroxyl groups excluding tert-OH is 1. The van der Waals surface area contributed by atoms with Gasteiger partial charge in [-0.25, -0.2) is 14.8 Å². The number of rotatable bonds is 6. The van der Waals surface area contributed by atoms with E-state index in [0.717, 1.165) is 16.2 Å². The van der Waals surface area contributed by atoms with E-state index < -0.39 is 34.4 Å². The fourth-order valence-electron chi connectivity index (χ4n) is 4.55. The summed E-state index contributed by atoms with van der Waals surface area (Å²) in [6, 6.07) is 9.36. The number of hydrogen-bond acceptors (Lipinski definition) is 10. The molecule has 39 heavy (non-hydrogen) atoms. The van der Waals surface area contributed by atoms with E-state index in [-0.39, 0.29) is 44.8 Å². The number of aryl methyl sites for hydroxylation is 2. The first-order valence-corrected chi connectivity index (χ1v) is 12.6. The van der Waals surface area contributed by atoms with Crippen LogP contribution in [0.1, 0.15) is 45.3 Å². The summed E-state index contributed by atoms with van der Waals surface area (Å²) in [5, 5.41) is 23.1. The van der Waals surface area contributed by atoms with Crippen LogP contribution in [-0.2, 0) is 14.3 Å². The summed E-state index contributed by atoms with van der Waals surface area (Å²) in [4.78, 5) is 60.4. The number of anilines is 1. The van der Waals surface area contributed by atoms with Crippen molar-refractivity contribution in [2.45, 2.75) is 26.8 Å². The SMILES string of the molecule is CCOC(=O)c1sc(N2C(=O)C(=O)/C(=C(/O)c3c(C)nc4ccccn34)C2c2cccc([N+](=O)[O-])c2)nc1C. The van der Waals surface area contributed by atoms with Crippen LogP contribution in [0.4, 0.5) is 10.8 Å². The topological polar surface area (TPSA) is 157 Å². The smallest absolute Gasteiger partial charge is 0.350 e. The number of hydrogen-bond donors (Lipinski definition) is 1. The van der Waals surface area contributed by atoms with E-state index >= 15 is 0 Å². The predicted molar refractivity (Wildman–Crippen MR) is 141 cm³/mol. The average molecular weight is 548 g/mol. The van der Waals surface area contributed by atoms with Crippen molar-refractivity contribution in [3.63, 3.8) is 0 Å². The van der Waals surface area contributed by atoms with E-state index in [9.17, 15) is 29.6 Å². The zero-order chi connectivity index (χ0) is 28.0. The van der Waals surface area contributed by atoms with Crippen LogP contribution >= 0.6 is 11.3 Å². The quantitative estimate of drug-likeness (QED) is 0.0936. The molecule has 5 rings (SSSR count). The first-order chi connectivity index (χ1) is 18.6. The number of benzene rings is 1. The number of carbonyl (C=O) groups is 3. The number of fused-ring (bicyclic) bond motifs is 1.